The van der Waals surface area contributed by atoms with Crippen LogP contribution in [0.1, 0.15) is 30.2 Å². The van der Waals surface area contributed by atoms with Gasteiger partial charge in [0.05, 0.1) is 63.3 Å². The molecular weight excluding hydrogens is 691 g/mol. The molecule has 0 aliphatic carbocycles. The number of rotatable bonds is 5. The fourth-order valence-corrected chi connectivity index (χ4v) is 7.61. The molecule has 3 heterocycles. The summed E-state index contributed by atoms with van der Waals surface area (Å²) in [6.45, 7) is 0. The fraction of sp³-hybridized carbons (Fsp3) is 0. The summed E-state index contributed by atoms with van der Waals surface area (Å²) in [5, 5.41) is -1.87. The molecule has 0 saturated heterocycles. The lowest BCUT2D eigenvalue weighted by Crippen LogP contribution is -1.96. The van der Waals surface area contributed by atoms with Crippen molar-refractivity contribution in [3.8, 4) is 39.3 Å². The highest BCUT2D eigenvalue weighted by Crippen LogP contribution is 2.40. The van der Waals surface area contributed by atoms with Crippen LogP contribution in [0.5, 0.6) is 0 Å². The number of aromatic nitrogens is 3. The molecule has 12 rings (SSSR count). The van der Waals surface area contributed by atoms with Gasteiger partial charge in [0.2, 0.25) is 0 Å². The molecular formula is C54H35N3. The van der Waals surface area contributed by atoms with E-state index in [1.165, 1.54) is 9.13 Å². The second-order valence-electron chi connectivity index (χ2n) is 13.2. The first-order chi connectivity index (χ1) is 37.5. The van der Waals surface area contributed by atoms with Gasteiger partial charge in [0.1, 0.15) is 0 Å². The van der Waals surface area contributed by atoms with Gasteiger partial charge in [0, 0.05) is 49.4 Å². The highest BCUT2D eigenvalue weighted by molar-refractivity contribution is 6.14. The molecule has 0 bridgehead atoms. The Morgan fingerprint density at radius 3 is 1.40 bits per heavy atom. The van der Waals surface area contributed by atoms with Crippen LogP contribution in [0.15, 0.2) is 212 Å². The summed E-state index contributed by atoms with van der Waals surface area (Å²) in [7, 11) is 0. The molecule has 3 aromatic heterocycles. The van der Waals surface area contributed by atoms with E-state index in [2.05, 4.69) is 0 Å². The lowest BCUT2D eigenvalue weighted by atomic mass is 10.0. The van der Waals surface area contributed by atoms with Crippen LogP contribution >= 0.6 is 0 Å². The first-order valence-electron chi connectivity index (χ1n) is 28.8. The van der Waals surface area contributed by atoms with Gasteiger partial charge in [-0.2, -0.15) is 0 Å². The Labute approximate surface area is 360 Å². The van der Waals surface area contributed by atoms with E-state index < -0.39 is 166 Å². The monoisotopic (exact) mass is 747 g/mol. The van der Waals surface area contributed by atoms with Gasteiger partial charge in [-0.05, 0) is 101 Å². The molecule has 57 heavy (non-hydrogen) atoms. The van der Waals surface area contributed by atoms with Gasteiger partial charge in [-0.15, -0.1) is 0 Å². The number of benzene rings is 9. The zero-order valence-corrected chi connectivity index (χ0v) is 29.3. The molecule has 9 aromatic carbocycles. The lowest BCUT2D eigenvalue weighted by molar-refractivity contribution is 1.15. The summed E-state index contributed by atoms with van der Waals surface area (Å²) < 4.78 is 207. The van der Waals surface area contributed by atoms with Crippen molar-refractivity contribution < 1.29 is 30.2 Å². The number of fused-ring (bicyclic) bond motifs is 9. The van der Waals surface area contributed by atoms with Gasteiger partial charge in [0.25, 0.3) is 0 Å². The highest BCUT2D eigenvalue weighted by Gasteiger charge is 2.18. The smallest absolute Gasteiger partial charge is 0.0667 e. The Morgan fingerprint density at radius 1 is 0.281 bits per heavy atom. The van der Waals surface area contributed by atoms with E-state index in [0.29, 0.717) is 11.1 Å². The Hall–Kier alpha value is -7.62. The van der Waals surface area contributed by atoms with E-state index in [-0.39, 0.29) is 61.0 Å². The minimum Gasteiger partial charge on any atom is -0.309 e. The third-order valence-corrected chi connectivity index (χ3v) is 10.1. The molecule has 0 radical (unpaired) electrons. The van der Waals surface area contributed by atoms with Crippen molar-refractivity contribution >= 4 is 65.4 Å². The van der Waals surface area contributed by atoms with Gasteiger partial charge in [-0.1, -0.05) is 133 Å². The van der Waals surface area contributed by atoms with Crippen molar-refractivity contribution in [1.29, 1.82) is 0 Å². The molecule has 0 aliphatic rings. The molecule has 0 amide bonds. The van der Waals surface area contributed by atoms with Gasteiger partial charge in [-0.25, -0.2) is 0 Å². The largest absolute Gasteiger partial charge is 0.309 e. The summed E-state index contributed by atoms with van der Waals surface area (Å²) in [5.74, 6) is 0. The maximum atomic E-state index is 10.0. The quantitative estimate of drug-likeness (QED) is 0.167. The number of hydrogen-bond acceptors (Lipinski definition) is 0. The number of para-hydroxylation sites is 4. The van der Waals surface area contributed by atoms with Crippen LogP contribution < -0.4 is 0 Å². The Balaban J connectivity index is 1.24. The zero-order valence-electron chi connectivity index (χ0n) is 51.3. The van der Waals surface area contributed by atoms with Crippen LogP contribution in [0.2, 0.25) is 0 Å². The van der Waals surface area contributed by atoms with E-state index in [1.54, 1.807) is 78.9 Å². The Bertz CT molecular complexity index is 4790. The van der Waals surface area contributed by atoms with Gasteiger partial charge in [0.15, 0.2) is 0 Å². The van der Waals surface area contributed by atoms with Crippen LogP contribution in [0.3, 0.4) is 0 Å². The molecule has 12 aromatic rings. The van der Waals surface area contributed by atoms with E-state index in [1.807, 2.05) is 0 Å². The lowest BCUT2D eigenvalue weighted by Gasteiger charge is -2.12. The van der Waals surface area contributed by atoms with Crippen LogP contribution in [0, 0.1) is 0 Å². The predicted molar refractivity (Wildman–Crippen MR) is 240 cm³/mol. The molecule has 0 fully saturated rings. The second-order valence-corrected chi connectivity index (χ2v) is 13.2. The van der Waals surface area contributed by atoms with E-state index >= 15 is 0 Å². The average molecular weight is 748 g/mol. The van der Waals surface area contributed by atoms with Gasteiger partial charge in [-0.3, -0.25) is 0 Å². The summed E-state index contributed by atoms with van der Waals surface area (Å²) in [6, 6.07) is 6.85. The highest BCUT2D eigenvalue weighted by atomic mass is 15.0. The maximum Gasteiger partial charge on any atom is 0.0667 e. The number of nitrogens with zero attached hydrogens (tertiary/aromatic N) is 3. The van der Waals surface area contributed by atoms with Crippen LogP contribution in [0.25, 0.3) is 105 Å². The topological polar surface area (TPSA) is 14.8 Å². The SMILES string of the molecule is [2H]c1ccc(-c2cccc(-n3c4c([2H])c([2H])c([2H])c([2H])c4c4c([2H])c(-c5c([2H])c([2H])c6c(c5[2H])c5c([2H])c([2H])c([2H])c([2H])c5n6-c5c([2H])c([2H])c6c7c([2H])c([2H])c([2H])c([2H])c7n(-c7ccccc7)c6c5[2H])c([2H])c([2H])c43)c2)cc1. The first-order valence-corrected chi connectivity index (χ1v) is 17.8. The molecule has 0 spiro atoms. The standard InChI is InChI=1S/C54H35N3/c1-3-14-36(15-4-1)37-16-13-19-41(32-37)56-50-24-11-8-21-44(50)47-33-38(26-30-52(47)56)39-27-31-53-48(34-39)45-22-9-12-25-51(45)57(53)42-28-29-46-43-20-7-10-23-49(43)55(54(46)35-42)40-17-5-2-6-18-40/h1-35H/i1D,7D,8D,9D,10D,11D,12D,20D,21D,22D,23D,24D,25D,26D,27D,28D,29D,30D,31D,33D,34D,35D. The molecule has 0 aliphatic heterocycles. The molecule has 3 heteroatoms. The average Bonchev–Trinajstić information content (AvgIpc) is 3.35. The fourth-order valence-electron chi connectivity index (χ4n) is 7.61. The first kappa shape index (κ1) is 17.0. The molecule has 266 valence electrons. The van der Waals surface area contributed by atoms with Crippen LogP contribution in [-0.2, 0) is 0 Å². The molecule has 0 saturated carbocycles. The Morgan fingerprint density at radius 2 is 0.772 bits per heavy atom. The van der Waals surface area contributed by atoms with Crippen molar-refractivity contribution in [1.82, 2.24) is 13.7 Å². The van der Waals surface area contributed by atoms with Crippen molar-refractivity contribution in [2.45, 2.75) is 0 Å². The minimum atomic E-state index is -0.887. The van der Waals surface area contributed by atoms with Crippen molar-refractivity contribution in [2.24, 2.45) is 0 Å². The minimum absolute atomic E-state index is 0.144. The van der Waals surface area contributed by atoms with E-state index in [4.69, 9.17) is 12.3 Å². The summed E-state index contributed by atoms with van der Waals surface area (Å²) in [6.07, 6.45) is 0. The third-order valence-electron chi connectivity index (χ3n) is 10.1. The van der Waals surface area contributed by atoms with E-state index in [0.717, 1.165) is 4.57 Å². The summed E-state index contributed by atoms with van der Waals surface area (Å²) in [4.78, 5) is 0. The van der Waals surface area contributed by atoms with Crippen LogP contribution in [0.4, 0.5) is 0 Å². The third kappa shape index (κ3) is 4.86. The molecule has 0 N–H and O–H groups in total. The number of hydrogen-bond donors (Lipinski definition) is 0. The van der Waals surface area contributed by atoms with Gasteiger partial charge < -0.3 is 13.7 Å². The normalized spacial score (nSPS) is 17.3. The second kappa shape index (κ2) is 12.5. The maximum absolute atomic E-state index is 10.0. The molecule has 0 unspecified atom stereocenters. The molecule has 0 atom stereocenters. The zero-order chi connectivity index (χ0) is 56.6. The summed E-state index contributed by atoms with van der Waals surface area (Å²) >= 11 is 0. The van der Waals surface area contributed by atoms with Gasteiger partial charge >= 0.3 is 0 Å². The van der Waals surface area contributed by atoms with Crippen molar-refractivity contribution in [3.05, 3.63) is 212 Å². The van der Waals surface area contributed by atoms with Crippen molar-refractivity contribution in [2.75, 3.05) is 0 Å². The van der Waals surface area contributed by atoms with Crippen molar-refractivity contribution in [3.63, 3.8) is 0 Å². The van der Waals surface area contributed by atoms with E-state index in [9.17, 15) is 17.8 Å². The molecule has 3 nitrogen and oxygen atoms in total. The predicted octanol–water partition coefficient (Wildman–Crippen LogP) is 14.3. The Kier molecular flexibility index (Phi) is 3.72. The summed E-state index contributed by atoms with van der Waals surface area (Å²) in [5.41, 5.74) is -1.77. The van der Waals surface area contributed by atoms with Crippen LogP contribution in [-0.4, -0.2) is 13.7 Å².